The number of hydrogen-bond donors (Lipinski definition) is 3. The molecule has 1 aromatic carbocycles. The molecule has 3 N–H and O–H groups in total. The van der Waals surface area contributed by atoms with Crippen LogP contribution in [0.2, 0.25) is 0 Å². The highest BCUT2D eigenvalue weighted by molar-refractivity contribution is 7.91. The summed E-state index contributed by atoms with van der Waals surface area (Å²) < 4.78 is 76.8. The van der Waals surface area contributed by atoms with Gasteiger partial charge in [-0.1, -0.05) is 29.4 Å². The number of aliphatic hydroxyl groups excluding tert-OH is 1. The molecule has 0 radical (unpaired) electrons. The number of aliphatic hydroxyl groups is 1. The lowest BCUT2D eigenvalue weighted by atomic mass is 9.97. The summed E-state index contributed by atoms with van der Waals surface area (Å²) in [7, 11) is -4.38. The third kappa shape index (κ3) is 6.41. The van der Waals surface area contributed by atoms with Crippen molar-refractivity contribution in [2.75, 3.05) is 19.8 Å². The fraction of sp³-hybridized carbons (Fsp3) is 0.444. The number of carbonyl (C=O) groups is 2. The summed E-state index contributed by atoms with van der Waals surface area (Å²) in [5, 5.41) is 22.9. The minimum Gasteiger partial charge on any atom is -0.480 e. The quantitative estimate of drug-likeness (QED) is 0.260. The summed E-state index contributed by atoms with van der Waals surface area (Å²) in [6.45, 7) is 0.505. The Morgan fingerprint density at radius 1 is 1.23 bits per heavy atom. The van der Waals surface area contributed by atoms with Crippen LogP contribution in [0.3, 0.4) is 0 Å². The van der Waals surface area contributed by atoms with Crippen LogP contribution in [-0.2, 0) is 32.2 Å². The number of amides is 1. The van der Waals surface area contributed by atoms with Gasteiger partial charge in [0, 0.05) is 18.5 Å². The van der Waals surface area contributed by atoms with E-state index in [1.165, 1.54) is 11.0 Å². The molecule has 5 rings (SSSR count). The van der Waals surface area contributed by atoms with E-state index >= 15 is 0 Å². The van der Waals surface area contributed by atoms with Crippen LogP contribution in [0.1, 0.15) is 48.5 Å². The maximum absolute atomic E-state index is 13.2. The van der Waals surface area contributed by atoms with E-state index in [2.05, 4.69) is 14.4 Å². The van der Waals surface area contributed by atoms with Gasteiger partial charge in [0.1, 0.15) is 15.4 Å². The van der Waals surface area contributed by atoms with E-state index in [0.717, 1.165) is 18.1 Å². The number of sulfonamides is 1. The number of carbonyl (C=O) groups excluding carboxylic acids is 1. The van der Waals surface area contributed by atoms with Crippen LogP contribution in [-0.4, -0.2) is 72.1 Å². The maximum atomic E-state index is 13.2. The molecular weight excluding hydrogens is 615 g/mol. The minimum absolute atomic E-state index is 0.0124. The van der Waals surface area contributed by atoms with Gasteiger partial charge in [-0.2, -0.15) is 17.9 Å². The highest BCUT2D eigenvalue weighted by Gasteiger charge is 2.63. The monoisotopic (exact) mass is 643 g/mol. The Kier molecular flexibility index (Phi) is 8.57. The highest BCUT2D eigenvalue weighted by Crippen LogP contribution is 2.53. The number of carboxylic acid groups (broad SMARTS) is 1. The first-order valence-electron chi connectivity index (χ1n) is 13.4. The molecule has 43 heavy (non-hydrogen) atoms. The molecule has 1 saturated carbocycles. The first-order chi connectivity index (χ1) is 20.4. The van der Waals surface area contributed by atoms with E-state index in [4.69, 9.17) is 4.74 Å². The number of hydrogen-bond acceptors (Lipinski definition) is 9. The van der Waals surface area contributed by atoms with Gasteiger partial charge >= 0.3 is 18.2 Å². The zero-order valence-electron chi connectivity index (χ0n) is 22.5. The number of benzene rings is 1. The highest BCUT2D eigenvalue weighted by atomic mass is 32.2. The van der Waals surface area contributed by atoms with Crippen LogP contribution in [0.5, 0.6) is 0 Å². The lowest BCUT2D eigenvalue weighted by molar-refractivity contribution is -0.155. The van der Waals surface area contributed by atoms with Gasteiger partial charge in [0.05, 0.1) is 24.1 Å². The van der Waals surface area contributed by atoms with Crippen LogP contribution in [0.25, 0.3) is 10.6 Å². The Morgan fingerprint density at radius 2 is 2.00 bits per heavy atom. The number of aliphatic carboxylic acids is 1. The summed E-state index contributed by atoms with van der Waals surface area (Å²) in [5.41, 5.74) is -0.597. The molecule has 1 aliphatic carbocycles. The smallest absolute Gasteiger partial charge is 0.452 e. The van der Waals surface area contributed by atoms with Crippen molar-refractivity contribution in [3.63, 3.8) is 0 Å². The molecule has 16 heteroatoms. The van der Waals surface area contributed by atoms with E-state index in [9.17, 15) is 41.4 Å². The second-order valence-electron chi connectivity index (χ2n) is 10.4. The normalized spacial score (nSPS) is 22.1. The fourth-order valence-electron chi connectivity index (χ4n) is 5.32. The fourth-order valence-corrected chi connectivity index (χ4v) is 7.98. The van der Waals surface area contributed by atoms with Crippen molar-refractivity contribution in [1.29, 1.82) is 0 Å². The molecule has 3 aromatic rings. The van der Waals surface area contributed by atoms with Crippen LogP contribution in [0.4, 0.5) is 18.0 Å². The molecular formula is C27H28F3N3O8S2. The third-order valence-corrected chi connectivity index (χ3v) is 10.7. The minimum atomic E-state index is -4.76. The molecule has 3 heterocycles. The number of thiophene rings is 1. The van der Waals surface area contributed by atoms with Crippen LogP contribution in [0, 0.1) is 0 Å². The standard InChI is InChI=1S/C27H28F3N3O8S2/c28-27(29,30)22-13-20(31-41-22)21-9-10-23(42-21)43(38,39)32-26(24(35)36)14-19(26)18-8-2-1-5-16(18)6-4-12-40-25(37)33-11-3-7-17(33)15-34/h1-2,5,8-10,13,17,19,32,34H,3-4,6-7,11-12,14-15H2,(H,35,36)/t17-,19+,26?/m0/s1. The predicted molar refractivity (Wildman–Crippen MR) is 146 cm³/mol. The molecule has 2 aromatic heterocycles. The first kappa shape index (κ1) is 31.0. The number of nitrogens with zero attached hydrogens (tertiary/aromatic N) is 2. The Balaban J connectivity index is 1.25. The summed E-state index contributed by atoms with van der Waals surface area (Å²) in [5.74, 6) is -3.38. The molecule has 0 bridgehead atoms. The average molecular weight is 644 g/mol. The Hall–Kier alpha value is -3.47. The third-order valence-electron chi connectivity index (χ3n) is 7.62. The molecule has 2 aliphatic rings. The van der Waals surface area contributed by atoms with Crippen molar-refractivity contribution in [3.05, 3.63) is 59.4 Å². The molecule has 232 valence electrons. The van der Waals surface area contributed by atoms with Crippen LogP contribution >= 0.6 is 11.3 Å². The number of aromatic nitrogens is 1. The van der Waals surface area contributed by atoms with Crippen molar-refractivity contribution < 1.29 is 50.7 Å². The van der Waals surface area contributed by atoms with Gasteiger partial charge in [-0.05, 0) is 55.4 Å². The van der Waals surface area contributed by atoms with E-state index in [-0.39, 0.29) is 40.5 Å². The zero-order chi connectivity index (χ0) is 31.0. The maximum Gasteiger partial charge on any atom is 0.452 e. The lowest BCUT2D eigenvalue weighted by Gasteiger charge is -2.22. The Bertz CT molecular complexity index is 1610. The second-order valence-corrected chi connectivity index (χ2v) is 13.4. The van der Waals surface area contributed by atoms with E-state index < -0.39 is 45.5 Å². The van der Waals surface area contributed by atoms with E-state index in [0.29, 0.717) is 48.8 Å². The lowest BCUT2D eigenvalue weighted by Crippen LogP contribution is -2.44. The molecule has 1 saturated heterocycles. The second kappa shape index (κ2) is 11.9. The van der Waals surface area contributed by atoms with Gasteiger partial charge in [0.25, 0.3) is 10.0 Å². The number of halogens is 3. The summed E-state index contributed by atoms with van der Waals surface area (Å²) in [6.07, 6.45) is -2.87. The molecule has 11 nitrogen and oxygen atoms in total. The summed E-state index contributed by atoms with van der Waals surface area (Å²) >= 11 is 0.632. The SMILES string of the molecule is O=C(OCCCc1ccccc1[C@H]1CC1(NS(=O)(=O)c1ccc(-c2cc(C(F)(F)F)on2)s1)C(=O)O)N1CCC[C@H]1CO. The summed E-state index contributed by atoms with van der Waals surface area (Å²) in [6, 6.07) is 9.87. The number of carboxylic acids is 1. The van der Waals surface area contributed by atoms with E-state index in [1.54, 1.807) is 24.3 Å². The van der Waals surface area contributed by atoms with Gasteiger partial charge in [0.2, 0.25) is 5.76 Å². The molecule has 1 unspecified atom stereocenters. The number of likely N-dealkylation sites (tertiary alicyclic amines) is 1. The largest absolute Gasteiger partial charge is 0.480 e. The number of ether oxygens (including phenoxy) is 1. The topological polar surface area (TPSA) is 159 Å². The molecule has 1 aliphatic heterocycles. The van der Waals surface area contributed by atoms with Crippen molar-refractivity contribution in [3.8, 4) is 10.6 Å². The predicted octanol–water partition coefficient (Wildman–Crippen LogP) is 4.24. The van der Waals surface area contributed by atoms with Gasteiger partial charge in [-0.25, -0.2) is 13.2 Å². The van der Waals surface area contributed by atoms with Gasteiger partial charge < -0.3 is 24.4 Å². The van der Waals surface area contributed by atoms with Crippen molar-refractivity contribution in [1.82, 2.24) is 14.8 Å². The van der Waals surface area contributed by atoms with Crippen molar-refractivity contribution >= 4 is 33.4 Å². The van der Waals surface area contributed by atoms with Crippen LogP contribution < -0.4 is 4.72 Å². The number of rotatable bonds is 11. The van der Waals surface area contributed by atoms with Gasteiger partial charge in [-0.3, -0.25) is 4.79 Å². The van der Waals surface area contributed by atoms with Gasteiger partial charge in [-0.15, -0.1) is 11.3 Å². The van der Waals surface area contributed by atoms with Crippen LogP contribution in [0.15, 0.2) is 51.2 Å². The zero-order valence-corrected chi connectivity index (χ0v) is 24.2. The molecule has 0 spiro atoms. The van der Waals surface area contributed by atoms with Gasteiger partial charge in [0.15, 0.2) is 0 Å². The Morgan fingerprint density at radius 3 is 2.70 bits per heavy atom. The van der Waals surface area contributed by atoms with Crippen molar-refractivity contribution in [2.24, 2.45) is 0 Å². The molecule has 1 amide bonds. The molecule has 2 fully saturated rings. The summed E-state index contributed by atoms with van der Waals surface area (Å²) in [4.78, 5) is 26.3. The average Bonchev–Trinajstić information content (AvgIpc) is 3.45. The van der Waals surface area contributed by atoms with E-state index in [1.807, 2.05) is 0 Å². The van der Waals surface area contributed by atoms with Crippen molar-refractivity contribution in [2.45, 2.75) is 60.0 Å². The first-order valence-corrected chi connectivity index (χ1v) is 15.7. The number of alkyl halides is 3. The molecule has 3 atom stereocenters. The Labute approximate surface area is 248 Å². The number of aryl methyl sites for hydroxylation is 1. The number of nitrogens with one attached hydrogen (secondary N) is 1.